The molecule has 1 atom stereocenters. The van der Waals surface area contributed by atoms with E-state index in [1.54, 1.807) is 11.8 Å². The number of rotatable bonds is 4. The Labute approximate surface area is 120 Å². The third-order valence-corrected chi connectivity index (χ3v) is 5.89. The maximum Gasteiger partial charge on any atom is 0.240 e. The second-order valence-corrected chi connectivity index (χ2v) is 7.46. The van der Waals surface area contributed by atoms with Crippen LogP contribution in [0.1, 0.15) is 12.0 Å². The van der Waals surface area contributed by atoms with Crippen molar-refractivity contribution in [1.82, 2.24) is 4.72 Å². The Kier molecular flexibility index (Phi) is 4.73. The van der Waals surface area contributed by atoms with E-state index in [1.807, 2.05) is 0 Å². The van der Waals surface area contributed by atoms with Crippen molar-refractivity contribution in [3.8, 4) is 0 Å². The molecule has 0 radical (unpaired) electrons. The molecule has 1 heterocycles. The summed E-state index contributed by atoms with van der Waals surface area (Å²) in [6, 6.07) is 1.92. The van der Waals surface area contributed by atoms with E-state index in [0.717, 1.165) is 18.2 Å². The summed E-state index contributed by atoms with van der Waals surface area (Å²) in [4.78, 5) is -0.213. The van der Waals surface area contributed by atoms with Gasteiger partial charge in [0.15, 0.2) is 0 Å². The molecule has 1 aliphatic heterocycles. The first-order valence-electron chi connectivity index (χ1n) is 5.63. The normalized spacial score (nSPS) is 19.8. The van der Waals surface area contributed by atoms with Gasteiger partial charge in [-0.15, -0.1) is 0 Å². The average Bonchev–Trinajstić information content (AvgIpc) is 2.84. The lowest BCUT2D eigenvalue weighted by atomic mass is 10.2. The van der Waals surface area contributed by atoms with Crippen LogP contribution < -0.4 is 4.72 Å². The molecule has 106 valence electrons. The van der Waals surface area contributed by atoms with Gasteiger partial charge >= 0.3 is 0 Å². The Morgan fingerprint density at radius 1 is 1.53 bits per heavy atom. The number of aliphatic hydroxyl groups excluding tert-OH is 1. The predicted octanol–water partition coefficient (Wildman–Crippen LogP) is 1.76. The summed E-state index contributed by atoms with van der Waals surface area (Å²) in [6.07, 6.45) is 0.757. The van der Waals surface area contributed by atoms with Crippen LogP contribution in [0.15, 0.2) is 17.0 Å². The van der Waals surface area contributed by atoms with Gasteiger partial charge in [0.2, 0.25) is 10.0 Å². The van der Waals surface area contributed by atoms with E-state index in [-0.39, 0.29) is 21.5 Å². The van der Waals surface area contributed by atoms with E-state index >= 15 is 0 Å². The van der Waals surface area contributed by atoms with Gasteiger partial charge in [-0.2, -0.15) is 11.8 Å². The Morgan fingerprint density at radius 3 is 2.84 bits per heavy atom. The van der Waals surface area contributed by atoms with E-state index in [1.165, 1.54) is 6.07 Å². The minimum Gasteiger partial charge on any atom is -0.392 e. The topological polar surface area (TPSA) is 66.4 Å². The fourth-order valence-corrected chi connectivity index (χ4v) is 4.56. The Morgan fingerprint density at radius 2 is 2.26 bits per heavy atom. The second kappa shape index (κ2) is 5.97. The molecule has 1 saturated heterocycles. The van der Waals surface area contributed by atoms with E-state index in [4.69, 9.17) is 16.7 Å². The van der Waals surface area contributed by atoms with Crippen molar-refractivity contribution in [3.05, 3.63) is 28.5 Å². The monoisotopic (exact) mass is 325 g/mol. The van der Waals surface area contributed by atoms with Gasteiger partial charge in [-0.1, -0.05) is 11.6 Å². The quantitative estimate of drug-likeness (QED) is 0.885. The molecule has 0 bridgehead atoms. The second-order valence-electron chi connectivity index (χ2n) is 4.22. The minimum atomic E-state index is -3.79. The molecular formula is C11H13ClFNO3S2. The molecule has 1 unspecified atom stereocenters. The number of sulfonamides is 1. The van der Waals surface area contributed by atoms with Crippen LogP contribution >= 0.6 is 23.4 Å². The molecule has 1 aliphatic rings. The summed E-state index contributed by atoms with van der Waals surface area (Å²) in [5.41, 5.74) is 0.0582. The van der Waals surface area contributed by atoms with Crippen molar-refractivity contribution in [2.24, 2.45) is 0 Å². The van der Waals surface area contributed by atoms with Crippen molar-refractivity contribution in [2.45, 2.75) is 24.0 Å². The summed E-state index contributed by atoms with van der Waals surface area (Å²) in [6.45, 7) is -0.515. The van der Waals surface area contributed by atoms with Gasteiger partial charge in [-0.05, 0) is 24.3 Å². The zero-order valence-corrected chi connectivity index (χ0v) is 12.3. The molecule has 2 N–H and O–H groups in total. The fourth-order valence-electron chi connectivity index (χ4n) is 1.80. The van der Waals surface area contributed by atoms with Gasteiger partial charge in [-0.25, -0.2) is 17.5 Å². The first kappa shape index (κ1) is 15.1. The summed E-state index contributed by atoms with van der Waals surface area (Å²) < 4.78 is 40.3. The number of aliphatic hydroxyl groups is 1. The van der Waals surface area contributed by atoms with Gasteiger partial charge in [0.25, 0.3) is 0 Å². The standard InChI is InChI=1S/C11H13ClFNO3S2/c12-11-7(5-15)3-9(4-10(11)13)19(16,17)14-8-1-2-18-6-8/h3-4,8,14-15H,1-2,5-6H2. The first-order valence-corrected chi connectivity index (χ1v) is 8.64. The summed E-state index contributed by atoms with van der Waals surface area (Å²) in [5.74, 6) is 0.765. The first-order chi connectivity index (χ1) is 8.94. The molecule has 0 amide bonds. The lowest BCUT2D eigenvalue weighted by molar-refractivity contribution is 0.281. The third-order valence-electron chi connectivity index (χ3n) is 2.81. The van der Waals surface area contributed by atoms with E-state index < -0.39 is 22.4 Å². The van der Waals surface area contributed by atoms with Crippen LogP contribution in [-0.2, 0) is 16.6 Å². The SMILES string of the molecule is O=S(=O)(NC1CCSC1)c1cc(F)c(Cl)c(CO)c1. The van der Waals surface area contributed by atoms with E-state index in [9.17, 15) is 12.8 Å². The van der Waals surface area contributed by atoms with E-state index in [0.29, 0.717) is 5.75 Å². The van der Waals surface area contributed by atoms with Crippen molar-refractivity contribution < 1.29 is 17.9 Å². The van der Waals surface area contributed by atoms with Gasteiger partial charge in [0.1, 0.15) is 5.82 Å². The largest absolute Gasteiger partial charge is 0.392 e. The van der Waals surface area contributed by atoms with Gasteiger partial charge in [-0.3, -0.25) is 0 Å². The molecule has 8 heteroatoms. The Balaban J connectivity index is 2.31. The van der Waals surface area contributed by atoms with Crippen LogP contribution in [-0.4, -0.2) is 31.1 Å². The zero-order chi connectivity index (χ0) is 14.0. The molecule has 2 rings (SSSR count). The van der Waals surface area contributed by atoms with Crippen LogP contribution in [0.4, 0.5) is 4.39 Å². The van der Waals surface area contributed by atoms with Crippen molar-refractivity contribution in [3.63, 3.8) is 0 Å². The summed E-state index contributed by atoms with van der Waals surface area (Å²) >= 11 is 7.30. The predicted molar refractivity (Wildman–Crippen MR) is 73.4 cm³/mol. The molecule has 1 aromatic rings. The highest BCUT2D eigenvalue weighted by Crippen LogP contribution is 2.25. The van der Waals surface area contributed by atoms with E-state index in [2.05, 4.69) is 4.72 Å². The zero-order valence-electron chi connectivity index (χ0n) is 9.90. The van der Waals surface area contributed by atoms with Crippen molar-refractivity contribution >= 4 is 33.4 Å². The highest BCUT2D eigenvalue weighted by Gasteiger charge is 2.24. The highest BCUT2D eigenvalue weighted by atomic mass is 35.5. The maximum absolute atomic E-state index is 13.5. The number of nitrogens with one attached hydrogen (secondary N) is 1. The van der Waals surface area contributed by atoms with Crippen LogP contribution in [0.3, 0.4) is 0 Å². The minimum absolute atomic E-state index is 0.0582. The lowest BCUT2D eigenvalue weighted by Crippen LogP contribution is -2.34. The molecule has 0 aliphatic carbocycles. The molecule has 0 saturated carbocycles. The number of benzene rings is 1. The number of hydrogen-bond acceptors (Lipinski definition) is 4. The third kappa shape index (κ3) is 3.41. The average molecular weight is 326 g/mol. The van der Waals surface area contributed by atoms with Crippen LogP contribution in [0, 0.1) is 5.82 Å². The summed E-state index contributed by atoms with van der Waals surface area (Å²) in [5, 5.41) is 8.80. The maximum atomic E-state index is 13.5. The molecule has 1 fully saturated rings. The number of hydrogen-bond donors (Lipinski definition) is 2. The van der Waals surface area contributed by atoms with Crippen molar-refractivity contribution in [2.75, 3.05) is 11.5 Å². The smallest absolute Gasteiger partial charge is 0.240 e. The van der Waals surface area contributed by atoms with Gasteiger partial charge in [0.05, 0.1) is 16.5 Å². The fraction of sp³-hybridized carbons (Fsp3) is 0.455. The number of thioether (sulfide) groups is 1. The van der Waals surface area contributed by atoms with Crippen molar-refractivity contribution in [1.29, 1.82) is 0 Å². The number of halogens is 2. The lowest BCUT2D eigenvalue weighted by Gasteiger charge is -2.13. The molecular weight excluding hydrogens is 313 g/mol. The Bertz CT molecular complexity index is 574. The van der Waals surface area contributed by atoms with Crippen LogP contribution in [0.2, 0.25) is 5.02 Å². The highest BCUT2D eigenvalue weighted by molar-refractivity contribution is 7.99. The van der Waals surface area contributed by atoms with Crippen LogP contribution in [0.25, 0.3) is 0 Å². The molecule has 19 heavy (non-hydrogen) atoms. The van der Waals surface area contributed by atoms with Gasteiger partial charge < -0.3 is 5.11 Å². The van der Waals surface area contributed by atoms with Gasteiger partial charge in [0, 0.05) is 17.4 Å². The Hall–Kier alpha value is -0.340. The molecule has 0 aromatic heterocycles. The van der Waals surface area contributed by atoms with Crippen LogP contribution in [0.5, 0.6) is 0 Å². The molecule has 4 nitrogen and oxygen atoms in total. The molecule has 0 spiro atoms. The summed E-state index contributed by atoms with van der Waals surface area (Å²) in [7, 11) is -3.79. The molecule has 1 aromatic carbocycles.